The van der Waals surface area contributed by atoms with Gasteiger partial charge in [0.25, 0.3) is 0 Å². The number of benzene rings is 2. The Labute approximate surface area is 145 Å². The minimum absolute atomic E-state index is 0.398. The first-order chi connectivity index (χ1) is 11.7. The molecule has 1 heterocycles. The number of nitrogens with zero attached hydrogens (tertiary/aromatic N) is 1. The SMILES string of the molecule is C=C(C)C[C@H](c1ccc(Oc2ccccc2)cc1)N1CCNCC1. The smallest absolute Gasteiger partial charge is 0.127 e. The molecular formula is C21H26N2O. The van der Waals surface area contributed by atoms with Gasteiger partial charge in [0, 0.05) is 32.2 Å². The maximum Gasteiger partial charge on any atom is 0.127 e. The normalized spacial score (nSPS) is 16.5. The van der Waals surface area contributed by atoms with Crippen molar-refractivity contribution in [2.45, 2.75) is 19.4 Å². The van der Waals surface area contributed by atoms with Gasteiger partial charge in [-0.25, -0.2) is 0 Å². The Morgan fingerprint density at radius 3 is 2.29 bits per heavy atom. The van der Waals surface area contributed by atoms with E-state index in [1.54, 1.807) is 0 Å². The molecule has 0 aliphatic carbocycles. The van der Waals surface area contributed by atoms with E-state index in [4.69, 9.17) is 4.74 Å². The highest BCUT2D eigenvalue weighted by Gasteiger charge is 2.22. The molecule has 126 valence electrons. The summed E-state index contributed by atoms with van der Waals surface area (Å²) in [5, 5.41) is 3.43. The second kappa shape index (κ2) is 8.13. The Morgan fingerprint density at radius 1 is 1.04 bits per heavy atom. The predicted octanol–water partition coefficient (Wildman–Crippen LogP) is 4.39. The van der Waals surface area contributed by atoms with Crippen LogP contribution in [0.15, 0.2) is 66.7 Å². The molecule has 2 aromatic carbocycles. The van der Waals surface area contributed by atoms with E-state index in [-0.39, 0.29) is 0 Å². The van der Waals surface area contributed by atoms with Crippen molar-refractivity contribution >= 4 is 0 Å². The Balaban J connectivity index is 1.74. The maximum atomic E-state index is 5.90. The zero-order valence-electron chi connectivity index (χ0n) is 14.4. The van der Waals surface area contributed by atoms with Crippen LogP contribution in [-0.4, -0.2) is 31.1 Å². The van der Waals surface area contributed by atoms with Crippen LogP contribution in [0, 0.1) is 0 Å². The summed E-state index contributed by atoms with van der Waals surface area (Å²) in [7, 11) is 0. The number of para-hydroxylation sites is 1. The van der Waals surface area contributed by atoms with Gasteiger partial charge in [0.15, 0.2) is 0 Å². The minimum atomic E-state index is 0.398. The molecule has 1 aliphatic heterocycles. The topological polar surface area (TPSA) is 24.5 Å². The molecule has 3 heteroatoms. The highest BCUT2D eigenvalue weighted by molar-refractivity contribution is 5.34. The lowest BCUT2D eigenvalue weighted by Crippen LogP contribution is -2.45. The molecule has 2 aromatic rings. The third-order valence-corrected chi connectivity index (χ3v) is 4.38. The maximum absolute atomic E-state index is 5.90. The largest absolute Gasteiger partial charge is 0.457 e. The van der Waals surface area contributed by atoms with Crippen LogP contribution >= 0.6 is 0 Å². The lowest BCUT2D eigenvalue weighted by molar-refractivity contribution is 0.172. The van der Waals surface area contributed by atoms with Crippen LogP contribution in [0.1, 0.15) is 24.9 Å². The van der Waals surface area contributed by atoms with E-state index in [1.165, 1.54) is 11.1 Å². The van der Waals surface area contributed by atoms with E-state index < -0.39 is 0 Å². The van der Waals surface area contributed by atoms with Crippen LogP contribution in [0.5, 0.6) is 11.5 Å². The van der Waals surface area contributed by atoms with Crippen molar-refractivity contribution in [2.24, 2.45) is 0 Å². The number of rotatable bonds is 6. The first-order valence-corrected chi connectivity index (χ1v) is 8.64. The zero-order chi connectivity index (χ0) is 16.8. The van der Waals surface area contributed by atoms with Crippen LogP contribution in [0.3, 0.4) is 0 Å². The van der Waals surface area contributed by atoms with Crippen molar-refractivity contribution < 1.29 is 4.74 Å². The fraction of sp³-hybridized carbons (Fsp3) is 0.333. The average molecular weight is 322 g/mol. The van der Waals surface area contributed by atoms with Gasteiger partial charge < -0.3 is 10.1 Å². The molecule has 1 fully saturated rings. The summed E-state index contributed by atoms with van der Waals surface area (Å²) in [6.07, 6.45) is 0.999. The predicted molar refractivity (Wildman–Crippen MR) is 99.6 cm³/mol. The molecule has 0 saturated carbocycles. The monoisotopic (exact) mass is 322 g/mol. The van der Waals surface area contributed by atoms with Gasteiger partial charge in [-0.1, -0.05) is 35.9 Å². The fourth-order valence-electron chi connectivity index (χ4n) is 3.16. The summed E-state index contributed by atoms with van der Waals surface area (Å²) in [6, 6.07) is 18.8. The van der Waals surface area contributed by atoms with Crippen molar-refractivity contribution in [3.63, 3.8) is 0 Å². The van der Waals surface area contributed by atoms with Crippen LogP contribution in [0.25, 0.3) is 0 Å². The molecule has 0 unspecified atom stereocenters. The summed E-state index contributed by atoms with van der Waals surface area (Å²) in [5.74, 6) is 1.74. The number of hydrogen-bond donors (Lipinski definition) is 1. The first kappa shape index (κ1) is 16.7. The molecule has 0 bridgehead atoms. The fourth-order valence-corrected chi connectivity index (χ4v) is 3.16. The second-order valence-electron chi connectivity index (χ2n) is 6.45. The van der Waals surface area contributed by atoms with E-state index in [0.717, 1.165) is 44.1 Å². The Kier molecular flexibility index (Phi) is 5.68. The molecular weight excluding hydrogens is 296 g/mol. The first-order valence-electron chi connectivity index (χ1n) is 8.64. The van der Waals surface area contributed by atoms with Gasteiger partial charge in [-0.3, -0.25) is 4.90 Å². The zero-order valence-corrected chi connectivity index (χ0v) is 14.4. The quantitative estimate of drug-likeness (QED) is 0.798. The van der Waals surface area contributed by atoms with Crippen molar-refractivity contribution in [2.75, 3.05) is 26.2 Å². The van der Waals surface area contributed by atoms with E-state index in [9.17, 15) is 0 Å². The van der Waals surface area contributed by atoms with Crippen molar-refractivity contribution in [3.8, 4) is 11.5 Å². The number of hydrogen-bond acceptors (Lipinski definition) is 3. The van der Waals surface area contributed by atoms with Crippen molar-refractivity contribution in [1.29, 1.82) is 0 Å². The van der Waals surface area contributed by atoms with E-state index in [1.807, 2.05) is 30.3 Å². The van der Waals surface area contributed by atoms with E-state index >= 15 is 0 Å². The molecule has 1 saturated heterocycles. The molecule has 0 aromatic heterocycles. The van der Waals surface area contributed by atoms with Crippen LogP contribution in [-0.2, 0) is 0 Å². The van der Waals surface area contributed by atoms with Crippen molar-refractivity contribution in [1.82, 2.24) is 10.2 Å². The van der Waals surface area contributed by atoms with E-state index in [2.05, 4.69) is 48.0 Å². The van der Waals surface area contributed by atoms with Gasteiger partial charge in [0.2, 0.25) is 0 Å². The van der Waals surface area contributed by atoms with Crippen LogP contribution in [0.4, 0.5) is 0 Å². The van der Waals surface area contributed by atoms with Gasteiger partial charge in [-0.15, -0.1) is 6.58 Å². The van der Waals surface area contributed by atoms with Gasteiger partial charge >= 0.3 is 0 Å². The third-order valence-electron chi connectivity index (χ3n) is 4.38. The van der Waals surface area contributed by atoms with Gasteiger partial charge in [-0.2, -0.15) is 0 Å². The Morgan fingerprint density at radius 2 is 1.67 bits per heavy atom. The third kappa shape index (κ3) is 4.47. The van der Waals surface area contributed by atoms with E-state index in [0.29, 0.717) is 6.04 Å². The number of nitrogens with one attached hydrogen (secondary N) is 1. The molecule has 24 heavy (non-hydrogen) atoms. The Bertz CT molecular complexity index is 645. The Hall–Kier alpha value is -2.10. The average Bonchev–Trinajstić information content (AvgIpc) is 2.62. The summed E-state index contributed by atoms with van der Waals surface area (Å²) in [5.41, 5.74) is 2.56. The molecule has 3 nitrogen and oxygen atoms in total. The van der Waals surface area contributed by atoms with Crippen LogP contribution in [0.2, 0.25) is 0 Å². The summed E-state index contributed by atoms with van der Waals surface area (Å²) in [4.78, 5) is 2.55. The molecule has 1 N–H and O–H groups in total. The molecule has 3 rings (SSSR count). The standard InChI is InChI=1S/C21H26N2O/c1-17(2)16-21(23-14-12-22-13-15-23)18-8-10-20(11-9-18)24-19-6-4-3-5-7-19/h3-11,21-22H,1,12-16H2,2H3/t21-/m1/s1. The van der Waals surface area contributed by atoms with Crippen LogP contribution < -0.4 is 10.1 Å². The highest BCUT2D eigenvalue weighted by Crippen LogP contribution is 2.30. The lowest BCUT2D eigenvalue weighted by atomic mass is 9.98. The van der Waals surface area contributed by atoms with Gasteiger partial charge in [-0.05, 0) is 43.2 Å². The number of ether oxygens (including phenoxy) is 1. The summed E-state index contributed by atoms with van der Waals surface area (Å²) < 4.78 is 5.90. The molecule has 0 amide bonds. The summed E-state index contributed by atoms with van der Waals surface area (Å²) in [6.45, 7) is 10.5. The summed E-state index contributed by atoms with van der Waals surface area (Å²) >= 11 is 0. The molecule has 0 spiro atoms. The molecule has 0 radical (unpaired) electrons. The molecule has 1 atom stereocenters. The highest BCUT2D eigenvalue weighted by atomic mass is 16.5. The minimum Gasteiger partial charge on any atom is -0.457 e. The molecule has 1 aliphatic rings. The van der Waals surface area contributed by atoms with Crippen molar-refractivity contribution in [3.05, 3.63) is 72.3 Å². The number of piperazine rings is 1. The van der Waals surface area contributed by atoms with Gasteiger partial charge in [0.05, 0.1) is 0 Å². The van der Waals surface area contributed by atoms with Gasteiger partial charge in [0.1, 0.15) is 11.5 Å². The second-order valence-corrected chi connectivity index (χ2v) is 6.45. The lowest BCUT2D eigenvalue weighted by Gasteiger charge is -2.35.